The lowest BCUT2D eigenvalue weighted by molar-refractivity contribution is 0.0358. The SMILES string of the molecule is C=C1CC2(CCNCC2)Oc2ccccc21. The van der Waals surface area contributed by atoms with Crippen LogP contribution in [0.3, 0.4) is 0 Å². The minimum Gasteiger partial charge on any atom is -0.486 e. The molecule has 2 aliphatic heterocycles. The van der Waals surface area contributed by atoms with Crippen molar-refractivity contribution < 1.29 is 4.74 Å². The van der Waals surface area contributed by atoms with Gasteiger partial charge >= 0.3 is 0 Å². The number of nitrogens with one attached hydrogen (secondary N) is 1. The van der Waals surface area contributed by atoms with Gasteiger partial charge in [-0.25, -0.2) is 0 Å². The molecular weight excluding hydrogens is 198 g/mol. The summed E-state index contributed by atoms with van der Waals surface area (Å²) in [5.41, 5.74) is 2.42. The van der Waals surface area contributed by atoms with Gasteiger partial charge in [0.1, 0.15) is 11.4 Å². The number of ether oxygens (including phenoxy) is 1. The predicted octanol–water partition coefficient (Wildman–Crippen LogP) is 2.60. The highest BCUT2D eigenvalue weighted by Gasteiger charge is 2.38. The quantitative estimate of drug-likeness (QED) is 0.718. The van der Waals surface area contributed by atoms with Crippen LogP contribution >= 0.6 is 0 Å². The second-order valence-electron chi connectivity index (χ2n) is 4.81. The first kappa shape index (κ1) is 9.91. The van der Waals surface area contributed by atoms with Crippen molar-refractivity contribution in [3.05, 3.63) is 36.4 Å². The van der Waals surface area contributed by atoms with E-state index >= 15 is 0 Å². The first-order chi connectivity index (χ1) is 7.79. The predicted molar refractivity (Wildman–Crippen MR) is 65.6 cm³/mol. The van der Waals surface area contributed by atoms with E-state index in [2.05, 4.69) is 24.0 Å². The second-order valence-corrected chi connectivity index (χ2v) is 4.81. The van der Waals surface area contributed by atoms with Gasteiger partial charge in [-0.15, -0.1) is 0 Å². The lowest BCUT2D eigenvalue weighted by Crippen LogP contribution is -2.47. The van der Waals surface area contributed by atoms with Gasteiger partial charge < -0.3 is 10.1 Å². The summed E-state index contributed by atoms with van der Waals surface area (Å²) in [6, 6.07) is 8.25. The van der Waals surface area contributed by atoms with Gasteiger partial charge in [-0.3, -0.25) is 0 Å². The number of para-hydroxylation sites is 1. The van der Waals surface area contributed by atoms with Crippen molar-refractivity contribution in [1.29, 1.82) is 0 Å². The van der Waals surface area contributed by atoms with E-state index in [9.17, 15) is 0 Å². The number of hydrogen-bond donors (Lipinski definition) is 1. The molecule has 84 valence electrons. The van der Waals surface area contributed by atoms with Gasteiger partial charge in [0.05, 0.1) is 0 Å². The standard InChI is InChI=1S/C14H17NO/c1-11-10-14(6-8-15-9-7-14)16-13-5-3-2-4-12(11)13/h2-5,15H,1,6-10H2. The van der Waals surface area contributed by atoms with Gasteiger partial charge in [0, 0.05) is 12.0 Å². The van der Waals surface area contributed by atoms with Crippen molar-refractivity contribution in [3.63, 3.8) is 0 Å². The summed E-state index contributed by atoms with van der Waals surface area (Å²) in [5, 5.41) is 3.39. The van der Waals surface area contributed by atoms with Gasteiger partial charge in [0.2, 0.25) is 0 Å². The summed E-state index contributed by atoms with van der Waals surface area (Å²) in [7, 11) is 0. The van der Waals surface area contributed by atoms with E-state index in [4.69, 9.17) is 4.74 Å². The van der Waals surface area contributed by atoms with Crippen molar-refractivity contribution in [2.45, 2.75) is 24.9 Å². The van der Waals surface area contributed by atoms with Crippen molar-refractivity contribution >= 4 is 5.57 Å². The van der Waals surface area contributed by atoms with E-state index in [-0.39, 0.29) is 5.60 Å². The molecule has 3 rings (SSSR count). The maximum atomic E-state index is 6.23. The average Bonchev–Trinajstić information content (AvgIpc) is 2.30. The molecule has 0 unspecified atom stereocenters. The van der Waals surface area contributed by atoms with Crippen LogP contribution in [0.4, 0.5) is 0 Å². The highest BCUT2D eigenvalue weighted by Crippen LogP contribution is 2.42. The third kappa shape index (κ3) is 1.54. The number of piperidine rings is 1. The molecule has 0 aliphatic carbocycles. The molecule has 2 heteroatoms. The van der Waals surface area contributed by atoms with Crippen LogP contribution < -0.4 is 10.1 Å². The topological polar surface area (TPSA) is 21.3 Å². The fourth-order valence-corrected chi connectivity index (χ4v) is 2.76. The Bertz CT molecular complexity index is 418. The van der Waals surface area contributed by atoms with Crippen molar-refractivity contribution in [3.8, 4) is 5.75 Å². The lowest BCUT2D eigenvalue weighted by atomic mass is 9.81. The molecule has 2 aliphatic rings. The summed E-state index contributed by atoms with van der Waals surface area (Å²) in [5.74, 6) is 1.01. The fraction of sp³-hybridized carbons (Fsp3) is 0.429. The first-order valence-electron chi connectivity index (χ1n) is 5.96. The van der Waals surface area contributed by atoms with Crippen LogP contribution in [0.25, 0.3) is 5.57 Å². The molecule has 0 atom stereocenters. The number of benzene rings is 1. The minimum atomic E-state index is 0.0106. The maximum Gasteiger partial charge on any atom is 0.127 e. The largest absolute Gasteiger partial charge is 0.486 e. The van der Waals surface area contributed by atoms with Gasteiger partial charge in [-0.1, -0.05) is 24.8 Å². The van der Waals surface area contributed by atoms with E-state index in [0.717, 1.165) is 38.1 Å². The van der Waals surface area contributed by atoms with Crippen LogP contribution in [0.15, 0.2) is 30.8 Å². The van der Waals surface area contributed by atoms with E-state index in [1.807, 2.05) is 12.1 Å². The molecule has 1 spiro atoms. The van der Waals surface area contributed by atoms with E-state index < -0.39 is 0 Å². The summed E-state index contributed by atoms with van der Waals surface area (Å²) in [4.78, 5) is 0. The van der Waals surface area contributed by atoms with Gasteiger partial charge in [-0.2, -0.15) is 0 Å². The molecule has 0 bridgehead atoms. The molecule has 0 aromatic heterocycles. The van der Waals surface area contributed by atoms with E-state index in [0.29, 0.717) is 0 Å². The maximum absolute atomic E-state index is 6.23. The summed E-state index contributed by atoms with van der Waals surface area (Å²) < 4.78 is 6.23. The Hall–Kier alpha value is -1.28. The normalized spacial score (nSPS) is 22.6. The van der Waals surface area contributed by atoms with Crippen LogP contribution in [0.2, 0.25) is 0 Å². The third-order valence-electron chi connectivity index (χ3n) is 3.64. The minimum absolute atomic E-state index is 0.0106. The Kier molecular flexibility index (Phi) is 2.25. The monoisotopic (exact) mass is 215 g/mol. The summed E-state index contributed by atoms with van der Waals surface area (Å²) >= 11 is 0. The Morgan fingerprint density at radius 3 is 2.75 bits per heavy atom. The number of rotatable bonds is 0. The molecule has 1 aromatic rings. The van der Waals surface area contributed by atoms with Crippen molar-refractivity contribution in [1.82, 2.24) is 5.32 Å². The molecule has 0 saturated carbocycles. The Morgan fingerprint density at radius 1 is 1.19 bits per heavy atom. The van der Waals surface area contributed by atoms with Gasteiger partial charge in [0.25, 0.3) is 0 Å². The van der Waals surface area contributed by atoms with Gasteiger partial charge in [0.15, 0.2) is 0 Å². The van der Waals surface area contributed by atoms with Crippen LogP contribution in [0, 0.1) is 0 Å². The lowest BCUT2D eigenvalue weighted by Gasteiger charge is -2.42. The fourth-order valence-electron chi connectivity index (χ4n) is 2.76. The zero-order chi connectivity index (χ0) is 11.0. The second kappa shape index (κ2) is 3.63. The molecule has 0 amide bonds. The highest BCUT2D eigenvalue weighted by molar-refractivity contribution is 5.71. The zero-order valence-corrected chi connectivity index (χ0v) is 9.46. The van der Waals surface area contributed by atoms with Crippen LogP contribution in [-0.2, 0) is 0 Å². The first-order valence-corrected chi connectivity index (χ1v) is 5.96. The van der Waals surface area contributed by atoms with E-state index in [1.54, 1.807) is 0 Å². The molecule has 1 fully saturated rings. The molecule has 2 heterocycles. The van der Waals surface area contributed by atoms with Crippen LogP contribution in [0.1, 0.15) is 24.8 Å². The molecular formula is C14H17NO. The number of fused-ring (bicyclic) bond motifs is 1. The average molecular weight is 215 g/mol. The summed E-state index contributed by atoms with van der Waals surface area (Å²) in [6.07, 6.45) is 3.15. The Labute approximate surface area is 96.3 Å². The summed E-state index contributed by atoms with van der Waals surface area (Å²) in [6.45, 7) is 6.31. The van der Waals surface area contributed by atoms with Crippen LogP contribution in [-0.4, -0.2) is 18.7 Å². The molecule has 1 N–H and O–H groups in total. The highest BCUT2D eigenvalue weighted by atomic mass is 16.5. The Balaban J connectivity index is 1.96. The third-order valence-corrected chi connectivity index (χ3v) is 3.64. The number of hydrogen-bond acceptors (Lipinski definition) is 2. The van der Waals surface area contributed by atoms with Crippen molar-refractivity contribution in [2.24, 2.45) is 0 Å². The van der Waals surface area contributed by atoms with E-state index in [1.165, 1.54) is 11.1 Å². The van der Waals surface area contributed by atoms with Crippen molar-refractivity contribution in [2.75, 3.05) is 13.1 Å². The Morgan fingerprint density at radius 2 is 1.94 bits per heavy atom. The molecule has 16 heavy (non-hydrogen) atoms. The van der Waals surface area contributed by atoms with Gasteiger partial charge in [-0.05, 0) is 37.6 Å². The zero-order valence-electron chi connectivity index (χ0n) is 9.46. The molecule has 1 aromatic carbocycles. The molecule has 2 nitrogen and oxygen atoms in total. The molecule has 1 saturated heterocycles. The molecule has 0 radical (unpaired) electrons. The van der Waals surface area contributed by atoms with Crippen LogP contribution in [0.5, 0.6) is 5.75 Å². The smallest absolute Gasteiger partial charge is 0.127 e.